The number of fused-ring (bicyclic) bond motifs is 2. The fourth-order valence-electron chi connectivity index (χ4n) is 8.85. The number of amides is 6. The minimum absolute atomic E-state index is 0.0134. The molecule has 2 saturated heterocycles. The zero-order valence-corrected chi connectivity index (χ0v) is 39.1. The maximum atomic E-state index is 13.4. The molecule has 67 heavy (non-hydrogen) atoms. The number of benzene rings is 2. The van der Waals surface area contributed by atoms with Crippen molar-refractivity contribution in [2.45, 2.75) is 70.2 Å². The summed E-state index contributed by atoms with van der Waals surface area (Å²) in [7, 11) is 3.27. The highest BCUT2D eigenvalue weighted by Gasteiger charge is 2.40. The van der Waals surface area contributed by atoms with Gasteiger partial charge in [0.2, 0.25) is 29.6 Å². The molecule has 1 unspecified atom stereocenters. The molecule has 0 saturated carbocycles. The van der Waals surface area contributed by atoms with Gasteiger partial charge in [-0.1, -0.05) is 24.6 Å². The molecule has 21 heteroatoms. The third-order valence-electron chi connectivity index (χ3n) is 12.5. The van der Waals surface area contributed by atoms with Crippen LogP contribution in [0.5, 0.6) is 5.75 Å². The molecule has 5 N–H and O–H groups in total. The quantitative estimate of drug-likeness (QED) is 0.0706. The highest BCUT2D eigenvalue weighted by molar-refractivity contribution is 7.10. The minimum Gasteiger partial charge on any atom is -0.495 e. The molecule has 8 rings (SSSR count). The maximum Gasteiger partial charge on any atom is 0.255 e. The number of likely N-dealkylation sites (tertiary alicyclic amines) is 1. The van der Waals surface area contributed by atoms with Crippen LogP contribution < -0.4 is 41.1 Å². The Morgan fingerprint density at radius 2 is 1.85 bits per heavy atom. The van der Waals surface area contributed by atoms with Gasteiger partial charge in [-0.3, -0.25) is 34.1 Å². The molecule has 354 valence electrons. The lowest BCUT2D eigenvalue weighted by atomic mass is 10.0. The first-order chi connectivity index (χ1) is 32.4. The predicted octanol–water partition coefficient (Wildman–Crippen LogP) is 3.91. The third kappa shape index (κ3) is 10.8. The topological polar surface area (TPSA) is 220 Å². The number of hydrogen-bond donors (Lipinski definition) is 5. The van der Waals surface area contributed by atoms with E-state index in [0.29, 0.717) is 89.0 Å². The molecular formula is C46H54ClN11O8S. The summed E-state index contributed by atoms with van der Waals surface area (Å²) in [5, 5.41) is 17.2. The van der Waals surface area contributed by atoms with Crippen molar-refractivity contribution in [3.8, 4) is 5.75 Å². The van der Waals surface area contributed by atoms with E-state index in [2.05, 4.69) is 36.5 Å². The molecule has 4 aliphatic rings. The number of likely N-dealkylation sites (N-methyl/N-ethyl adjacent to an activating group) is 1. The number of nitrogens with one attached hydrogen (secondary N) is 5. The summed E-state index contributed by atoms with van der Waals surface area (Å²) >= 11 is 7.75. The van der Waals surface area contributed by atoms with Gasteiger partial charge in [0.05, 0.1) is 50.3 Å². The summed E-state index contributed by atoms with van der Waals surface area (Å²) in [6, 6.07) is 11.1. The van der Waals surface area contributed by atoms with E-state index in [1.807, 2.05) is 23.3 Å². The van der Waals surface area contributed by atoms with E-state index in [9.17, 15) is 28.8 Å². The Hall–Kier alpha value is -6.19. The number of imide groups is 1. The predicted molar refractivity (Wildman–Crippen MR) is 253 cm³/mol. The van der Waals surface area contributed by atoms with E-state index < -0.39 is 18.0 Å². The zero-order valence-electron chi connectivity index (χ0n) is 37.6. The fraction of sp³-hybridized carbons (Fsp3) is 0.435. The van der Waals surface area contributed by atoms with Crippen LogP contribution >= 0.6 is 22.9 Å². The van der Waals surface area contributed by atoms with Crippen molar-refractivity contribution < 1.29 is 38.2 Å². The van der Waals surface area contributed by atoms with E-state index in [1.54, 1.807) is 54.5 Å². The molecule has 2 fully saturated rings. The molecule has 0 aliphatic carbocycles. The summed E-state index contributed by atoms with van der Waals surface area (Å²) in [6.45, 7) is 6.41. The Bertz CT molecular complexity index is 2530. The second-order valence-electron chi connectivity index (χ2n) is 16.8. The maximum absolute atomic E-state index is 13.4. The van der Waals surface area contributed by atoms with Crippen molar-refractivity contribution in [2.75, 3.05) is 80.5 Å². The number of anilines is 5. The highest BCUT2D eigenvalue weighted by Crippen LogP contribution is 2.38. The summed E-state index contributed by atoms with van der Waals surface area (Å²) in [5.41, 5.74) is 3.22. The zero-order chi connectivity index (χ0) is 47.2. The Morgan fingerprint density at radius 3 is 2.60 bits per heavy atom. The van der Waals surface area contributed by atoms with E-state index >= 15 is 0 Å². The number of carbonyl (C=O) groups is 6. The van der Waals surface area contributed by atoms with Crippen LogP contribution in [0.4, 0.5) is 28.8 Å². The molecule has 2 atom stereocenters. The minimum atomic E-state index is -0.732. The number of rotatable bonds is 18. The van der Waals surface area contributed by atoms with E-state index in [1.165, 1.54) is 23.3 Å². The Labute approximate surface area is 396 Å². The van der Waals surface area contributed by atoms with Crippen LogP contribution in [0.3, 0.4) is 0 Å². The highest BCUT2D eigenvalue weighted by atomic mass is 35.5. The number of ether oxygens (including phenoxy) is 2. The van der Waals surface area contributed by atoms with Crippen LogP contribution in [0.1, 0.15) is 70.2 Å². The molecule has 4 aliphatic heterocycles. The molecular weight excluding hydrogens is 902 g/mol. The van der Waals surface area contributed by atoms with E-state index in [0.717, 1.165) is 37.4 Å². The van der Waals surface area contributed by atoms with Crippen molar-refractivity contribution in [2.24, 2.45) is 0 Å². The van der Waals surface area contributed by atoms with Gasteiger partial charge >= 0.3 is 0 Å². The molecule has 6 heterocycles. The number of carbonyl (C=O) groups excluding carboxylic acids is 6. The molecule has 0 radical (unpaired) electrons. The average Bonchev–Trinajstić information content (AvgIpc) is 3.90. The van der Waals surface area contributed by atoms with Crippen molar-refractivity contribution in [3.05, 3.63) is 80.6 Å². The van der Waals surface area contributed by atoms with Crippen LogP contribution in [0, 0.1) is 0 Å². The van der Waals surface area contributed by atoms with Crippen LogP contribution in [0.25, 0.3) is 0 Å². The van der Waals surface area contributed by atoms with Gasteiger partial charge in [0.25, 0.3) is 11.8 Å². The monoisotopic (exact) mass is 955 g/mol. The van der Waals surface area contributed by atoms with Crippen LogP contribution in [-0.4, -0.2) is 133 Å². The largest absolute Gasteiger partial charge is 0.495 e. The van der Waals surface area contributed by atoms with Crippen molar-refractivity contribution in [1.82, 2.24) is 35.7 Å². The normalized spacial score (nSPS) is 18.7. The Kier molecular flexibility index (Phi) is 15.0. The van der Waals surface area contributed by atoms with Crippen LogP contribution in [0.15, 0.2) is 54.0 Å². The summed E-state index contributed by atoms with van der Waals surface area (Å²) in [6.07, 6.45) is 4.24. The molecule has 6 amide bonds. The number of halogens is 1. The van der Waals surface area contributed by atoms with Gasteiger partial charge < -0.3 is 50.3 Å². The number of aromatic nitrogens is 2. The molecule has 4 aromatic rings. The number of nitrogens with zero attached hydrogens (tertiary/aromatic N) is 6. The van der Waals surface area contributed by atoms with Crippen molar-refractivity contribution in [3.63, 3.8) is 0 Å². The van der Waals surface area contributed by atoms with Gasteiger partial charge in [-0.15, -0.1) is 11.3 Å². The first-order valence-electron chi connectivity index (χ1n) is 22.4. The SMILES string of the molecule is CC[C@@H]1C(=O)N(C)c2cnc(Nc3ccc(C(=O)NC4CCN(CCOCCNCC(=O)Nc5cccc6c5CN(C5CCC(=O)NC5=O)C6=O)CC4)cc3OC)nc2N1Cc1cc(Cl)cs1. The standard InChI is InChI=1S/C46H54ClN11O8S/c1-4-35-45(64)55(2)37-22-49-46(54-41(37)57(35)24-30-21-28(47)26-67-30)52-34-9-8-27(20-38(34)65-3)42(61)50-29-12-15-56(16-13-29)17-19-66-18-14-48-23-40(60)51-33-7-5-6-31-32(33)25-58(44(31)63)36-10-11-39(59)53-43(36)62/h5-9,20-22,26,29,35-36,48H,4,10-19,23-25H2,1-3H3,(H,50,61)(H,51,60)(H,49,52,54)(H,53,59,62)/t35-,36?/m1/s1. The van der Waals surface area contributed by atoms with Crippen LogP contribution in [-0.2, 0) is 37.0 Å². The smallest absolute Gasteiger partial charge is 0.255 e. The number of piperidine rings is 2. The second-order valence-corrected chi connectivity index (χ2v) is 18.2. The van der Waals surface area contributed by atoms with Gasteiger partial charge in [0.1, 0.15) is 23.5 Å². The first-order valence-corrected chi connectivity index (χ1v) is 23.6. The Morgan fingerprint density at radius 1 is 1.03 bits per heavy atom. The van der Waals surface area contributed by atoms with Gasteiger partial charge in [0, 0.05) is 84.9 Å². The van der Waals surface area contributed by atoms with Crippen molar-refractivity contribution in [1.29, 1.82) is 0 Å². The van der Waals surface area contributed by atoms with Gasteiger partial charge in [0.15, 0.2) is 5.82 Å². The number of hydrogen-bond acceptors (Lipinski definition) is 15. The second kappa shape index (κ2) is 21.2. The molecule has 19 nitrogen and oxygen atoms in total. The fourth-order valence-corrected chi connectivity index (χ4v) is 9.92. The molecule has 0 bridgehead atoms. The molecule has 2 aromatic heterocycles. The Balaban J connectivity index is 0.741. The lowest BCUT2D eigenvalue weighted by Gasteiger charge is -2.40. The number of methoxy groups -OCH3 is 1. The van der Waals surface area contributed by atoms with E-state index in [4.69, 9.17) is 26.1 Å². The summed E-state index contributed by atoms with van der Waals surface area (Å²) in [5.74, 6) is -0.254. The lowest BCUT2D eigenvalue weighted by molar-refractivity contribution is -0.137. The van der Waals surface area contributed by atoms with Gasteiger partial charge in [-0.05, 0) is 62.1 Å². The van der Waals surface area contributed by atoms with E-state index in [-0.39, 0.29) is 61.5 Å². The van der Waals surface area contributed by atoms with Gasteiger partial charge in [-0.2, -0.15) is 4.98 Å². The summed E-state index contributed by atoms with van der Waals surface area (Å²) in [4.78, 5) is 94.4. The third-order valence-corrected chi connectivity index (χ3v) is 13.7. The van der Waals surface area contributed by atoms with Crippen molar-refractivity contribution >= 4 is 87.2 Å². The molecule has 0 spiro atoms. The first kappa shape index (κ1) is 47.3. The number of thiophene rings is 1. The van der Waals surface area contributed by atoms with Crippen LogP contribution in [0.2, 0.25) is 5.02 Å². The molecule has 2 aromatic carbocycles. The van der Waals surface area contributed by atoms with Gasteiger partial charge in [-0.25, -0.2) is 4.98 Å². The average molecular weight is 957 g/mol. The lowest BCUT2D eigenvalue weighted by Crippen LogP contribution is -2.52. The summed E-state index contributed by atoms with van der Waals surface area (Å²) < 4.78 is 11.5.